The number of rotatable bonds is 7. The molecule has 10 nitrogen and oxygen atoms in total. The summed E-state index contributed by atoms with van der Waals surface area (Å²) in [5.41, 5.74) is 2.72. The fourth-order valence-electron chi connectivity index (χ4n) is 6.02. The number of para-hydroxylation sites is 1. The van der Waals surface area contributed by atoms with Crippen LogP contribution in [0.4, 0.5) is 11.4 Å². The van der Waals surface area contributed by atoms with Crippen molar-refractivity contribution in [2.75, 3.05) is 11.5 Å². The first kappa shape index (κ1) is 29.1. The molecule has 4 aromatic rings. The number of ether oxygens (including phenoxy) is 1. The van der Waals surface area contributed by atoms with Gasteiger partial charge in [-0.15, -0.1) is 0 Å². The number of anilines is 1. The van der Waals surface area contributed by atoms with Gasteiger partial charge >= 0.3 is 5.97 Å². The minimum atomic E-state index is -0.770. The molecule has 2 fully saturated rings. The van der Waals surface area contributed by atoms with Gasteiger partial charge in [0.1, 0.15) is 5.02 Å². The number of imide groups is 1. The standard InChI is InChI=1S/C33H26ClN3O7/c1-18-5-4-8-22-25(33(41)44-17-29(38)20-11-14-26(34)28(15-20)37(42)43)16-27(35-30(18)22)19-9-12-21(13-10-19)36-31(39)23-6-2-3-7-24(23)32(36)40/h4-5,8-16,23-24H,2-3,6-7,17H2,1H3. The van der Waals surface area contributed by atoms with Gasteiger partial charge in [0.15, 0.2) is 6.61 Å². The molecule has 6 rings (SSSR count). The Kier molecular flexibility index (Phi) is 7.69. The van der Waals surface area contributed by atoms with E-state index in [1.807, 2.05) is 13.0 Å². The Morgan fingerprint density at radius 1 is 1.00 bits per heavy atom. The number of aryl methyl sites for hydroxylation is 1. The van der Waals surface area contributed by atoms with E-state index in [-0.39, 0.29) is 39.8 Å². The number of nitro groups is 1. The average Bonchev–Trinajstić information content (AvgIpc) is 3.28. The number of fused-ring (bicyclic) bond motifs is 2. The lowest BCUT2D eigenvalue weighted by atomic mass is 9.81. The summed E-state index contributed by atoms with van der Waals surface area (Å²) in [4.78, 5) is 68.7. The number of pyridine rings is 1. The SMILES string of the molecule is Cc1cccc2c(C(=O)OCC(=O)c3ccc(Cl)c([N+](=O)[O-])c3)cc(-c3ccc(N4C(=O)C5CCCCC5C4=O)cc3)nc12. The quantitative estimate of drug-likeness (QED) is 0.0760. The van der Waals surface area contributed by atoms with Gasteiger partial charge in [-0.05, 0) is 55.7 Å². The van der Waals surface area contributed by atoms with Crippen molar-refractivity contribution in [3.63, 3.8) is 0 Å². The zero-order valence-electron chi connectivity index (χ0n) is 23.6. The van der Waals surface area contributed by atoms with Crippen LogP contribution in [-0.4, -0.2) is 40.1 Å². The molecule has 222 valence electrons. The number of benzene rings is 3. The van der Waals surface area contributed by atoms with Crippen LogP contribution >= 0.6 is 11.6 Å². The Bertz CT molecular complexity index is 1850. The topological polar surface area (TPSA) is 137 Å². The van der Waals surface area contributed by atoms with E-state index in [1.165, 1.54) is 17.0 Å². The van der Waals surface area contributed by atoms with E-state index in [1.54, 1.807) is 42.5 Å². The summed E-state index contributed by atoms with van der Waals surface area (Å²) in [5.74, 6) is -2.21. The maximum atomic E-state index is 13.3. The number of nitro benzene ring substituents is 1. The normalized spacial score (nSPS) is 17.9. The zero-order chi connectivity index (χ0) is 31.1. The average molecular weight is 612 g/mol. The number of aromatic nitrogens is 1. The second kappa shape index (κ2) is 11.6. The molecule has 2 atom stereocenters. The first-order valence-corrected chi connectivity index (χ1v) is 14.5. The predicted molar refractivity (Wildman–Crippen MR) is 163 cm³/mol. The van der Waals surface area contributed by atoms with Gasteiger partial charge in [0.25, 0.3) is 5.69 Å². The lowest BCUT2D eigenvalue weighted by molar-refractivity contribution is -0.384. The van der Waals surface area contributed by atoms with Crippen LogP contribution in [-0.2, 0) is 14.3 Å². The molecular weight excluding hydrogens is 586 g/mol. The van der Waals surface area contributed by atoms with Crippen LogP contribution in [0.15, 0.2) is 66.7 Å². The number of carbonyl (C=O) groups excluding carboxylic acids is 4. The van der Waals surface area contributed by atoms with Crippen molar-refractivity contribution in [3.8, 4) is 11.3 Å². The minimum absolute atomic E-state index is 0.0145. The Morgan fingerprint density at radius 2 is 1.68 bits per heavy atom. The maximum absolute atomic E-state index is 13.3. The van der Waals surface area contributed by atoms with E-state index in [2.05, 4.69) is 0 Å². The van der Waals surface area contributed by atoms with Crippen molar-refractivity contribution >= 4 is 57.4 Å². The second-order valence-electron chi connectivity index (χ2n) is 11.0. The smallest absolute Gasteiger partial charge is 0.339 e. The van der Waals surface area contributed by atoms with Crippen molar-refractivity contribution < 1.29 is 28.8 Å². The molecule has 1 aromatic heterocycles. The Balaban J connectivity index is 1.27. The maximum Gasteiger partial charge on any atom is 0.339 e. The number of ketones is 1. The van der Waals surface area contributed by atoms with Crippen LogP contribution in [0.3, 0.4) is 0 Å². The summed E-state index contributed by atoms with van der Waals surface area (Å²) in [7, 11) is 0. The Morgan fingerprint density at radius 3 is 2.34 bits per heavy atom. The third kappa shape index (κ3) is 5.22. The molecule has 3 aromatic carbocycles. The highest BCUT2D eigenvalue weighted by Crippen LogP contribution is 2.40. The zero-order valence-corrected chi connectivity index (χ0v) is 24.4. The Labute approximate surface area is 256 Å². The largest absolute Gasteiger partial charge is 0.454 e. The lowest BCUT2D eigenvalue weighted by Gasteiger charge is -2.19. The van der Waals surface area contributed by atoms with Crippen LogP contribution in [0.25, 0.3) is 22.2 Å². The van der Waals surface area contributed by atoms with Gasteiger partial charge in [0.05, 0.1) is 39.2 Å². The van der Waals surface area contributed by atoms with Gasteiger partial charge < -0.3 is 4.74 Å². The molecule has 1 aliphatic heterocycles. The molecule has 0 bridgehead atoms. The fraction of sp³-hybridized carbons (Fsp3) is 0.242. The highest BCUT2D eigenvalue weighted by Gasteiger charge is 2.48. The molecule has 0 radical (unpaired) electrons. The molecule has 2 amide bonds. The summed E-state index contributed by atoms with van der Waals surface area (Å²) in [6.07, 6.45) is 3.35. The number of hydrogen-bond acceptors (Lipinski definition) is 8. The molecule has 1 saturated carbocycles. The molecule has 1 aliphatic carbocycles. The fourth-order valence-corrected chi connectivity index (χ4v) is 6.21. The summed E-state index contributed by atoms with van der Waals surface area (Å²) in [6, 6.07) is 17.5. The van der Waals surface area contributed by atoms with Crippen LogP contribution in [0.2, 0.25) is 5.02 Å². The van der Waals surface area contributed by atoms with E-state index in [9.17, 15) is 29.3 Å². The molecule has 0 spiro atoms. The van der Waals surface area contributed by atoms with E-state index < -0.39 is 29.0 Å². The lowest BCUT2D eigenvalue weighted by Crippen LogP contribution is -2.30. The number of nitrogens with zero attached hydrogens (tertiary/aromatic N) is 3. The third-order valence-corrected chi connectivity index (χ3v) is 8.64. The van der Waals surface area contributed by atoms with Gasteiger partial charge in [-0.1, -0.05) is 54.8 Å². The highest BCUT2D eigenvalue weighted by atomic mass is 35.5. The van der Waals surface area contributed by atoms with Crippen molar-refractivity contribution in [2.45, 2.75) is 32.6 Å². The molecule has 2 aliphatic rings. The molecular formula is C33H26ClN3O7. The van der Waals surface area contributed by atoms with Gasteiger partial charge in [0.2, 0.25) is 17.6 Å². The molecule has 11 heteroatoms. The third-order valence-electron chi connectivity index (χ3n) is 8.32. The molecule has 44 heavy (non-hydrogen) atoms. The van der Waals surface area contributed by atoms with E-state index in [0.29, 0.717) is 27.8 Å². The Hall–Kier alpha value is -4.96. The number of halogens is 1. The molecule has 2 heterocycles. The minimum Gasteiger partial charge on any atom is -0.454 e. The van der Waals surface area contributed by atoms with Crippen LogP contribution < -0.4 is 4.90 Å². The summed E-state index contributed by atoms with van der Waals surface area (Å²) in [6.45, 7) is 1.22. The first-order valence-electron chi connectivity index (χ1n) is 14.2. The number of amides is 2. The number of esters is 1. The van der Waals surface area contributed by atoms with Crippen molar-refractivity contribution in [1.82, 2.24) is 4.98 Å². The predicted octanol–water partition coefficient (Wildman–Crippen LogP) is 6.49. The molecule has 2 unspecified atom stereocenters. The van der Waals surface area contributed by atoms with Crippen molar-refractivity contribution in [1.29, 1.82) is 0 Å². The monoisotopic (exact) mass is 611 g/mol. The molecule has 1 saturated heterocycles. The number of carbonyl (C=O) groups is 4. The summed E-state index contributed by atoms with van der Waals surface area (Å²) in [5, 5.41) is 11.6. The van der Waals surface area contributed by atoms with Gasteiger partial charge in [0, 0.05) is 22.6 Å². The van der Waals surface area contributed by atoms with Crippen LogP contribution in [0, 0.1) is 28.9 Å². The van der Waals surface area contributed by atoms with Crippen LogP contribution in [0.5, 0.6) is 0 Å². The molecule has 0 N–H and O–H groups in total. The summed E-state index contributed by atoms with van der Waals surface area (Å²) >= 11 is 5.84. The van der Waals surface area contributed by atoms with Gasteiger partial charge in [-0.2, -0.15) is 0 Å². The highest BCUT2D eigenvalue weighted by molar-refractivity contribution is 6.32. The van der Waals surface area contributed by atoms with Crippen LogP contribution in [0.1, 0.15) is 52.0 Å². The van der Waals surface area contributed by atoms with Crippen molar-refractivity contribution in [2.24, 2.45) is 11.8 Å². The summed E-state index contributed by atoms with van der Waals surface area (Å²) < 4.78 is 5.37. The second-order valence-corrected chi connectivity index (χ2v) is 11.4. The first-order chi connectivity index (χ1) is 21.1. The number of hydrogen-bond donors (Lipinski definition) is 0. The van der Waals surface area contributed by atoms with E-state index in [4.69, 9.17) is 21.3 Å². The van der Waals surface area contributed by atoms with Crippen molar-refractivity contribution in [3.05, 3.63) is 98.6 Å². The van der Waals surface area contributed by atoms with Gasteiger partial charge in [-0.25, -0.2) is 9.78 Å². The van der Waals surface area contributed by atoms with E-state index >= 15 is 0 Å². The number of Topliss-reactive ketones (excluding diaryl/α,β-unsaturated/α-hetero) is 1. The van der Waals surface area contributed by atoms with E-state index in [0.717, 1.165) is 37.3 Å². The van der Waals surface area contributed by atoms with Gasteiger partial charge in [-0.3, -0.25) is 29.4 Å².